The Kier molecular flexibility index (Phi) is 8.13. The monoisotopic (exact) mass is 807 g/mol. The normalized spacial score (nSPS) is 16.7. The van der Waals surface area contributed by atoms with E-state index in [2.05, 4.69) is 246 Å². The summed E-state index contributed by atoms with van der Waals surface area (Å²) in [4.78, 5) is 2.48. The molecule has 0 bridgehead atoms. The van der Waals surface area contributed by atoms with E-state index in [0.717, 1.165) is 11.4 Å². The van der Waals surface area contributed by atoms with E-state index in [9.17, 15) is 0 Å². The fourth-order valence-corrected chi connectivity index (χ4v) is 11.8. The van der Waals surface area contributed by atoms with Crippen LogP contribution in [-0.4, -0.2) is 0 Å². The van der Waals surface area contributed by atoms with Crippen LogP contribution in [0.25, 0.3) is 55.6 Å². The van der Waals surface area contributed by atoms with Gasteiger partial charge in [-0.15, -0.1) is 0 Å². The van der Waals surface area contributed by atoms with Crippen LogP contribution >= 0.6 is 0 Å². The Balaban J connectivity index is 0.981. The highest BCUT2D eigenvalue weighted by atomic mass is 15.1. The highest BCUT2D eigenvalue weighted by Gasteiger charge is 2.42. The average Bonchev–Trinajstić information content (AvgIpc) is 3.84. The smallest absolute Gasteiger partial charge is 0.0543 e. The van der Waals surface area contributed by atoms with Gasteiger partial charge in [-0.05, 0) is 132 Å². The first kappa shape index (κ1) is 37.5. The van der Waals surface area contributed by atoms with Gasteiger partial charge in [0.2, 0.25) is 0 Å². The molecule has 1 atom stereocenters. The third-order valence-electron chi connectivity index (χ3n) is 15.0. The van der Waals surface area contributed by atoms with Crippen LogP contribution in [0.15, 0.2) is 206 Å². The first-order valence-electron chi connectivity index (χ1n) is 22.4. The summed E-state index contributed by atoms with van der Waals surface area (Å²) >= 11 is 0. The zero-order valence-electron chi connectivity index (χ0n) is 36.6. The average molecular weight is 808 g/mol. The molecule has 302 valence electrons. The maximum Gasteiger partial charge on any atom is 0.0543 e. The van der Waals surface area contributed by atoms with Gasteiger partial charge in [0.05, 0.1) is 5.69 Å². The van der Waals surface area contributed by atoms with Gasteiger partial charge < -0.3 is 4.90 Å². The summed E-state index contributed by atoms with van der Waals surface area (Å²) in [5.41, 5.74) is 25.5. The van der Waals surface area contributed by atoms with Gasteiger partial charge in [0, 0.05) is 33.2 Å². The standard InChI is InChI=1S/C62H49N/c1-60(2)53-25-13-11-21-51(53)58-55(60)27-16-28-57(58)63(45-36-31-41(32-37-45)46-22-15-23-50-48-20-9-12-24-52(48)61(3,4)59(46)50)44-34-29-40(30-35-44)42-33-38-49-47-19-10-14-26-54(47)62(5,56(49)39-42)43-17-7-6-8-18-43/h6-39H,1-5H3. The maximum absolute atomic E-state index is 2.48. The second kappa shape index (κ2) is 13.6. The minimum atomic E-state index is -0.247. The molecule has 9 aromatic carbocycles. The topological polar surface area (TPSA) is 3.24 Å². The molecule has 0 fully saturated rings. The summed E-state index contributed by atoms with van der Waals surface area (Å²) in [5, 5.41) is 0. The van der Waals surface area contributed by atoms with Crippen molar-refractivity contribution in [2.45, 2.75) is 50.9 Å². The number of hydrogen-bond acceptors (Lipinski definition) is 1. The Morgan fingerprint density at radius 1 is 0.317 bits per heavy atom. The van der Waals surface area contributed by atoms with E-state index in [-0.39, 0.29) is 16.2 Å². The SMILES string of the molecule is CC1(C)c2ccccc2-c2c(N(c3ccc(-c4ccc5c(c4)C(C)(c4ccccc4)c4ccccc4-5)cc3)c3ccc(-c4cccc5c4C(C)(C)c4ccccc4-5)cc3)cccc21. The molecule has 3 aliphatic rings. The molecule has 0 aromatic heterocycles. The summed E-state index contributed by atoms with van der Waals surface area (Å²) in [6, 6.07) is 77.2. The fourth-order valence-electron chi connectivity index (χ4n) is 11.8. The second-order valence-corrected chi connectivity index (χ2v) is 19.0. The van der Waals surface area contributed by atoms with Crippen LogP contribution in [0.4, 0.5) is 17.1 Å². The molecule has 0 amide bonds. The van der Waals surface area contributed by atoms with Gasteiger partial charge >= 0.3 is 0 Å². The van der Waals surface area contributed by atoms with Crippen LogP contribution < -0.4 is 4.90 Å². The summed E-state index contributed by atoms with van der Waals surface area (Å²) < 4.78 is 0. The molecule has 1 unspecified atom stereocenters. The van der Waals surface area contributed by atoms with Crippen molar-refractivity contribution in [1.29, 1.82) is 0 Å². The minimum absolute atomic E-state index is 0.0945. The van der Waals surface area contributed by atoms with Crippen molar-refractivity contribution >= 4 is 17.1 Å². The molecule has 0 N–H and O–H groups in total. The van der Waals surface area contributed by atoms with Gasteiger partial charge in [-0.25, -0.2) is 0 Å². The molecule has 0 saturated heterocycles. The van der Waals surface area contributed by atoms with E-state index in [1.807, 2.05) is 0 Å². The van der Waals surface area contributed by atoms with E-state index >= 15 is 0 Å². The Morgan fingerprint density at radius 3 is 1.51 bits per heavy atom. The van der Waals surface area contributed by atoms with Crippen LogP contribution in [0, 0.1) is 0 Å². The third kappa shape index (κ3) is 5.36. The Labute approximate surface area is 372 Å². The summed E-state index contributed by atoms with van der Waals surface area (Å²) in [5.74, 6) is 0. The largest absolute Gasteiger partial charge is 0.310 e. The lowest BCUT2D eigenvalue weighted by molar-refractivity contribution is 0.660. The van der Waals surface area contributed by atoms with Gasteiger partial charge in [0.15, 0.2) is 0 Å². The van der Waals surface area contributed by atoms with Crippen molar-refractivity contribution in [2.24, 2.45) is 0 Å². The first-order chi connectivity index (χ1) is 30.7. The number of fused-ring (bicyclic) bond motifs is 9. The van der Waals surface area contributed by atoms with Crippen molar-refractivity contribution in [3.63, 3.8) is 0 Å². The van der Waals surface area contributed by atoms with Gasteiger partial charge in [-0.2, -0.15) is 0 Å². The predicted molar refractivity (Wildman–Crippen MR) is 265 cm³/mol. The van der Waals surface area contributed by atoms with Crippen LogP contribution in [0.5, 0.6) is 0 Å². The van der Waals surface area contributed by atoms with Gasteiger partial charge in [-0.3, -0.25) is 0 Å². The van der Waals surface area contributed by atoms with Crippen molar-refractivity contribution in [1.82, 2.24) is 0 Å². The summed E-state index contributed by atoms with van der Waals surface area (Å²) in [6.07, 6.45) is 0. The Bertz CT molecular complexity index is 3280. The zero-order valence-corrected chi connectivity index (χ0v) is 36.6. The minimum Gasteiger partial charge on any atom is -0.310 e. The van der Waals surface area contributed by atoms with Crippen molar-refractivity contribution in [3.8, 4) is 55.6 Å². The zero-order chi connectivity index (χ0) is 42.7. The third-order valence-corrected chi connectivity index (χ3v) is 15.0. The molecule has 0 saturated carbocycles. The summed E-state index contributed by atoms with van der Waals surface area (Å²) in [6.45, 7) is 11.9. The molecule has 3 aliphatic carbocycles. The fraction of sp³-hybridized carbons (Fsp3) is 0.129. The van der Waals surface area contributed by atoms with Crippen molar-refractivity contribution in [2.75, 3.05) is 4.90 Å². The highest BCUT2D eigenvalue weighted by molar-refractivity contribution is 5.96. The van der Waals surface area contributed by atoms with E-state index < -0.39 is 0 Å². The lowest BCUT2D eigenvalue weighted by atomic mass is 9.74. The molecule has 1 nitrogen and oxygen atoms in total. The van der Waals surface area contributed by atoms with Crippen molar-refractivity contribution in [3.05, 3.63) is 245 Å². The summed E-state index contributed by atoms with van der Waals surface area (Å²) in [7, 11) is 0. The molecule has 63 heavy (non-hydrogen) atoms. The van der Waals surface area contributed by atoms with Crippen LogP contribution in [0.1, 0.15) is 73.6 Å². The quantitative estimate of drug-likeness (QED) is 0.162. The van der Waals surface area contributed by atoms with E-state index in [1.165, 1.54) is 100 Å². The van der Waals surface area contributed by atoms with Crippen LogP contribution in [0.2, 0.25) is 0 Å². The van der Waals surface area contributed by atoms with Crippen LogP contribution in [-0.2, 0) is 16.2 Å². The lowest BCUT2D eigenvalue weighted by Gasteiger charge is -2.29. The maximum atomic E-state index is 2.48. The molecular weight excluding hydrogens is 759 g/mol. The number of anilines is 3. The van der Waals surface area contributed by atoms with E-state index in [0.29, 0.717) is 0 Å². The molecule has 0 radical (unpaired) electrons. The molecule has 0 spiro atoms. The molecular formula is C62H49N. The van der Waals surface area contributed by atoms with Gasteiger partial charge in [-0.1, -0.05) is 198 Å². The molecule has 0 heterocycles. The predicted octanol–water partition coefficient (Wildman–Crippen LogP) is 16.4. The molecule has 12 rings (SSSR count). The number of benzene rings is 9. The highest BCUT2D eigenvalue weighted by Crippen LogP contribution is 2.56. The number of rotatable bonds is 6. The molecule has 1 heteroatoms. The van der Waals surface area contributed by atoms with Gasteiger partial charge in [0.25, 0.3) is 0 Å². The number of hydrogen-bond donors (Lipinski definition) is 0. The molecule has 9 aromatic rings. The Morgan fingerprint density at radius 2 is 0.810 bits per heavy atom. The van der Waals surface area contributed by atoms with Crippen LogP contribution in [0.3, 0.4) is 0 Å². The Hall–Kier alpha value is -7.22. The first-order valence-corrected chi connectivity index (χ1v) is 22.4. The van der Waals surface area contributed by atoms with Crippen molar-refractivity contribution < 1.29 is 0 Å². The van der Waals surface area contributed by atoms with E-state index in [4.69, 9.17) is 0 Å². The van der Waals surface area contributed by atoms with Gasteiger partial charge in [0.1, 0.15) is 0 Å². The second-order valence-electron chi connectivity index (χ2n) is 19.0. The lowest BCUT2D eigenvalue weighted by Crippen LogP contribution is -2.22. The number of nitrogens with zero attached hydrogens (tertiary/aromatic N) is 1. The molecule has 0 aliphatic heterocycles. The van der Waals surface area contributed by atoms with E-state index in [1.54, 1.807) is 0 Å².